The lowest BCUT2D eigenvalue weighted by Crippen LogP contribution is -2.20. The van der Waals surface area contributed by atoms with Crippen LogP contribution in [0.25, 0.3) is 0 Å². The maximum atomic E-state index is 8.42. The molecule has 0 saturated heterocycles. The average molecular weight is 288 g/mol. The van der Waals surface area contributed by atoms with Crippen LogP contribution in [0.4, 0.5) is 5.82 Å². The van der Waals surface area contributed by atoms with Gasteiger partial charge in [0.15, 0.2) is 0 Å². The van der Waals surface area contributed by atoms with Crippen LogP contribution in [-0.4, -0.2) is 23.6 Å². The Kier molecular flexibility index (Phi) is 3.89. The molecule has 0 aliphatic rings. The Hall–Kier alpha value is -0.900. The molecule has 1 rings (SSSR count). The van der Waals surface area contributed by atoms with Gasteiger partial charge in [-0.25, -0.2) is 9.97 Å². The summed E-state index contributed by atoms with van der Waals surface area (Å²) < 4.78 is 1.00. The summed E-state index contributed by atoms with van der Waals surface area (Å²) in [4.78, 5) is 9.98. The number of anilines is 1. The standard InChI is InChI=1S/C8H9IN4/c1-13(4-2-3-10)8-7(9)5-11-6-12-8/h5-6H,2,4H2,1H3. The normalized spacial score (nSPS) is 9.31. The number of halogens is 1. The van der Waals surface area contributed by atoms with Crippen molar-refractivity contribution in [1.29, 1.82) is 5.26 Å². The van der Waals surface area contributed by atoms with Crippen molar-refractivity contribution in [2.75, 3.05) is 18.5 Å². The maximum Gasteiger partial charge on any atom is 0.145 e. The Labute approximate surface area is 90.7 Å². The molecule has 0 bridgehead atoms. The van der Waals surface area contributed by atoms with E-state index in [9.17, 15) is 0 Å². The van der Waals surface area contributed by atoms with Gasteiger partial charge in [-0.05, 0) is 22.6 Å². The molecule has 1 heterocycles. The molecule has 0 aromatic carbocycles. The van der Waals surface area contributed by atoms with Crippen LogP contribution >= 0.6 is 22.6 Å². The number of hydrogen-bond acceptors (Lipinski definition) is 4. The van der Waals surface area contributed by atoms with E-state index in [1.54, 1.807) is 6.20 Å². The fourth-order valence-electron chi connectivity index (χ4n) is 0.911. The summed E-state index contributed by atoms with van der Waals surface area (Å²) in [7, 11) is 1.92. The first-order valence-electron chi connectivity index (χ1n) is 3.79. The molecule has 0 aliphatic heterocycles. The van der Waals surface area contributed by atoms with Gasteiger partial charge in [-0.3, -0.25) is 0 Å². The predicted octanol–water partition coefficient (Wildman–Crippen LogP) is 1.43. The molecule has 13 heavy (non-hydrogen) atoms. The van der Waals surface area contributed by atoms with E-state index >= 15 is 0 Å². The molecule has 0 aliphatic carbocycles. The van der Waals surface area contributed by atoms with Crippen LogP contribution in [-0.2, 0) is 0 Å². The molecule has 0 fully saturated rings. The topological polar surface area (TPSA) is 52.8 Å². The van der Waals surface area contributed by atoms with Crippen LogP contribution < -0.4 is 4.90 Å². The van der Waals surface area contributed by atoms with Gasteiger partial charge in [0.05, 0.1) is 16.1 Å². The molecule has 4 nitrogen and oxygen atoms in total. The van der Waals surface area contributed by atoms with Crippen LogP contribution in [0.1, 0.15) is 6.42 Å². The van der Waals surface area contributed by atoms with Gasteiger partial charge in [0, 0.05) is 19.8 Å². The number of nitrogens with zero attached hydrogens (tertiary/aromatic N) is 4. The predicted molar refractivity (Wildman–Crippen MR) is 58.2 cm³/mol. The molecule has 0 spiro atoms. The Bertz CT molecular complexity index is 320. The summed E-state index contributed by atoms with van der Waals surface area (Å²) in [6, 6.07) is 2.10. The van der Waals surface area contributed by atoms with Gasteiger partial charge in [-0.1, -0.05) is 0 Å². The van der Waals surface area contributed by atoms with Crippen LogP contribution in [0.2, 0.25) is 0 Å². The van der Waals surface area contributed by atoms with Gasteiger partial charge in [-0.2, -0.15) is 5.26 Å². The third-order valence-electron chi connectivity index (χ3n) is 1.57. The van der Waals surface area contributed by atoms with E-state index in [4.69, 9.17) is 5.26 Å². The van der Waals surface area contributed by atoms with Crippen molar-refractivity contribution >= 4 is 28.4 Å². The summed E-state index contributed by atoms with van der Waals surface area (Å²) >= 11 is 2.18. The molecular weight excluding hydrogens is 279 g/mol. The molecule has 0 saturated carbocycles. The summed E-state index contributed by atoms with van der Waals surface area (Å²) in [5.41, 5.74) is 0. The molecule has 0 N–H and O–H groups in total. The zero-order chi connectivity index (χ0) is 9.68. The number of rotatable bonds is 3. The van der Waals surface area contributed by atoms with Gasteiger partial charge in [0.2, 0.25) is 0 Å². The van der Waals surface area contributed by atoms with Crippen molar-refractivity contribution in [3.63, 3.8) is 0 Å². The van der Waals surface area contributed by atoms with E-state index < -0.39 is 0 Å². The molecule has 1 aromatic rings. The smallest absolute Gasteiger partial charge is 0.145 e. The van der Waals surface area contributed by atoms with E-state index in [1.807, 2.05) is 11.9 Å². The Morgan fingerprint density at radius 3 is 3.08 bits per heavy atom. The van der Waals surface area contributed by atoms with Crippen LogP contribution in [0, 0.1) is 14.9 Å². The first-order valence-corrected chi connectivity index (χ1v) is 4.87. The highest BCUT2D eigenvalue weighted by Gasteiger charge is 2.05. The third kappa shape index (κ3) is 2.81. The SMILES string of the molecule is CN(CCC#N)c1ncncc1I. The molecule has 0 amide bonds. The van der Waals surface area contributed by atoms with E-state index in [0.717, 1.165) is 9.39 Å². The minimum Gasteiger partial charge on any atom is -0.358 e. The second-order valence-corrected chi connectivity index (χ2v) is 3.69. The van der Waals surface area contributed by atoms with Gasteiger partial charge in [0.25, 0.3) is 0 Å². The summed E-state index contributed by atoms with van der Waals surface area (Å²) in [6.07, 6.45) is 3.78. The number of hydrogen-bond donors (Lipinski definition) is 0. The van der Waals surface area contributed by atoms with Crippen LogP contribution in [0.15, 0.2) is 12.5 Å². The van der Waals surface area contributed by atoms with Crippen molar-refractivity contribution in [3.05, 3.63) is 16.1 Å². The minimum absolute atomic E-state index is 0.510. The van der Waals surface area contributed by atoms with E-state index in [1.165, 1.54) is 6.33 Å². The van der Waals surface area contributed by atoms with Crippen LogP contribution in [0.5, 0.6) is 0 Å². The summed E-state index contributed by atoms with van der Waals surface area (Å²) in [6.45, 7) is 0.698. The highest BCUT2D eigenvalue weighted by molar-refractivity contribution is 14.1. The van der Waals surface area contributed by atoms with Crippen molar-refractivity contribution in [2.24, 2.45) is 0 Å². The largest absolute Gasteiger partial charge is 0.358 e. The van der Waals surface area contributed by atoms with Gasteiger partial charge in [-0.15, -0.1) is 0 Å². The zero-order valence-electron chi connectivity index (χ0n) is 7.24. The average Bonchev–Trinajstić information content (AvgIpc) is 2.15. The first kappa shape index (κ1) is 10.2. The van der Waals surface area contributed by atoms with Crippen molar-refractivity contribution < 1.29 is 0 Å². The zero-order valence-corrected chi connectivity index (χ0v) is 9.39. The molecule has 0 radical (unpaired) electrons. The van der Waals surface area contributed by atoms with Crippen molar-refractivity contribution in [3.8, 4) is 6.07 Å². The van der Waals surface area contributed by atoms with Gasteiger partial charge in [0.1, 0.15) is 12.1 Å². The molecule has 68 valence electrons. The number of nitriles is 1. The monoisotopic (exact) mass is 288 g/mol. The van der Waals surface area contributed by atoms with Gasteiger partial charge < -0.3 is 4.90 Å². The first-order chi connectivity index (χ1) is 6.25. The molecular formula is C8H9IN4. The van der Waals surface area contributed by atoms with Gasteiger partial charge >= 0.3 is 0 Å². The molecule has 5 heteroatoms. The van der Waals surface area contributed by atoms with Crippen LogP contribution in [0.3, 0.4) is 0 Å². The fraction of sp³-hybridized carbons (Fsp3) is 0.375. The van der Waals surface area contributed by atoms with Crippen molar-refractivity contribution in [2.45, 2.75) is 6.42 Å². The highest BCUT2D eigenvalue weighted by atomic mass is 127. The quantitative estimate of drug-likeness (QED) is 0.790. The maximum absolute atomic E-state index is 8.42. The molecule has 0 unspecified atom stereocenters. The highest BCUT2D eigenvalue weighted by Crippen LogP contribution is 2.16. The fourth-order valence-corrected chi connectivity index (χ4v) is 1.62. The lowest BCUT2D eigenvalue weighted by atomic mass is 10.4. The Morgan fingerprint density at radius 1 is 1.69 bits per heavy atom. The van der Waals surface area contributed by atoms with E-state index in [-0.39, 0.29) is 0 Å². The summed E-state index contributed by atoms with van der Waals surface area (Å²) in [5, 5.41) is 8.42. The summed E-state index contributed by atoms with van der Waals surface area (Å²) in [5.74, 6) is 0.880. The second-order valence-electron chi connectivity index (χ2n) is 2.52. The molecule has 1 aromatic heterocycles. The lowest BCUT2D eigenvalue weighted by Gasteiger charge is -2.16. The minimum atomic E-state index is 0.510. The lowest BCUT2D eigenvalue weighted by molar-refractivity contribution is 0.875. The van der Waals surface area contributed by atoms with Crippen molar-refractivity contribution in [1.82, 2.24) is 9.97 Å². The van der Waals surface area contributed by atoms with E-state index in [0.29, 0.717) is 13.0 Å². The second kappa shape index (κ2) is 4.97. The molecule has 0 atom stereocenters. The third-order valence-corrected chi connectivity index (χ3v) is 2.33. The van der Waals surface area contributed by atoms with E-state index in [2.05, 4.69) is 38.6 Å². The Balaban J connectivity index is 2.72. The number of aromatic nitrogens is 2. The Morgan fingerprint density at radius 2 is 2.46 bits per heavy atom.